The zero-order chi connectivity index (χ0) is 18.1. The molecule has 2 amide bonds. The molecule has 1 fully saturated rings. The molecule has 2 aromatic rings. The second-order valence-electron chi connectivity index (χ2n) is 5.90. The van der Waals surface area contributed by atoms with Crippen LogP contribution >= 0.6 is 34.8 Å². The Kier molecular flexibility index (Phi) is 5.23. The second kappa shape index (κ2) is 7.24. The monoisotopic (exact) mass is 396 g/mol. The first-order valence-corrected chi connectivity index (χ1v) is 8.81. The van der Waals surface area contributed by atoms with Gasteiger partial charge in [-0.15, -0.1) is 0 Å². The van der Waals surface area contributed by atoms with Crippen molar-refractivity contribution in [3.63, 3.8) is 0 Å². The molecule has 0 radical (unpaired) electrons. The fourth-order valence-corrected chi connectivity index (χ4v) is 3.46. The molecule has 0 saturated carbocycles. The lowest BCUT2D eigenvalue weighted by Gasteiger charge is -2.19. The summed E-state index contributed by atoms with van der Waals surface area (Å²) in [5.74, 6) is -0.815. The Morgan fingerprint density at radius 3 is 2.64 bits per heavy atom. The minimum atomic E-state index is -0.461. The standard InChI is InChI=1S/C18H15Cl3N2O2/c1-10-13(20)3-2-4-16(10)23-9-11(7-17(23)24)18(25)22-15-6-5-12(19)8-14(15)21/h2-6,8,11H,7,9H2,1H3,(H,22,25)/t11-/m1/s1. The molecule has 1 heterocycles. The summed E-state index contributed by atoms with van der Waals surface area (Å²) in [6, 6.07) is 10.2. The lowest BCUT2D eigenvalue weighted by Crippen LogP contribution is -2.28. The van der Waals surface area contributed by atoms with E-state index in [0.29, 0.717) is 27.3 Å². The molecule has 3 rings (SSSR count). The minimum absolute atomic E-state index is 0.104. The second-order valence-corrected chi connectivity index (χ2v) is 7.15. The van der Waals surface area contributed by atoms with E-state index < -0.39 is 5.92 Å². The van der Waals surface area contributed by atoms with E-state index in [4.69, 9.17) is 34.8 Å². The number of nitrogens with one attached hydrogen (secondary N) is 1. The van der Waals surface area contributed by atoms with E-state index in [1.54, 1.807) is 35.2 Å². The Morgan fingerprint density at radius 2 is 1.92 bits per heavy atom. The predicted molar refractivity (Wildman–Crippen MR) is 102 cm³/mol. The third-order valence-electron chi connectivity index (χ3n) is 4.21. The van der Waals surface area contributed by atoms with Crippen molar-refractivity contribution in [2.45, 2.75) is 13.3 Å². The Balaban J connectivity index is 1.75. The Hall–Kier alpha value is -1.75. The Morgan fingerprint density at radius 1 is 1.16 bits per heavy atom. The number of benzene rings is 2. The van der Waals surface area contributed by atoms with Crippen LogP contribution in [-0.2, 0) is 9.59 Å². The molecule has 1 aliphatic rings. The number of nitrogens with zero attached hydrogens (tertiary/aromatic N) is 1. The SMILES string of the molecule is Cc1c(Cl)cccc1N1C[C@H](C(=O)Nc2ccc(Cl)cc2Cl)CC1=O. The maximum absolute atomic E-state index is 12.5. The highest BCUT2D eigenvalue weighted by atomic mass is 35.5. The predicted octanol–water partition coefficient (Wildman–Crippen LogP) is 4.95. The van der Waals surface area contributed by atoms with Crippen molar-refractivity contribution in [3.8, 4) is 0 Å². The van der Waals surface area contributed by atoms with E-state index in [0.717, 1.165) is 11.3 Å². The summed E-state index contributed by atoms with van der Waals surface area (Å²) in [5.41, 5.74) is 2.03. The number of hydrogen-bond acceptors (Lipinski definition) is 2. The van der Waals surface area contributed by atoms with Gasteiger partial charge in [0.1, 0.15) is 0 Å². The third kappa shape index (κ3) is 3.76. The summed E-state index contributed by atoms with van der Waals surface area (Å²) in [5, 5.41) is 4.19. The number of carbonyl (C=O) groups is 2. The fourth-order valence-electron chi connectivity index (χ4n) is 2.83. The van der Waals surface area contributed by atoms with Gasteiger partial charge in [0.2, 0.25) is 11.8 Å². The average Bonchev–Trinajstić information content (AvgIpc) is 2.94. The van der Waals surface area contributed by atoms with Gasteiger partial charge in [-0.25, -0.2) is 0 Å². The number of amides is 2. The first-order chi connectivity index (χ1) is 11.9. The topological polar surface area (TPSA) is 49.4 Å². The van der Waals surface area contributed by atoms with Crippen molar-refractivity contribution in [3.05, 3.63) is 57.0 Å². The van der Waals surface area contributed by atoms with Gasteiger partial charge < -0.3 is 10.2 Å². The van der Waals surface area contributed by atoms with E-state index in [1.807, 2.05) is 13.0 Å². The summed E-state index contributed by atoms with van der Waals surface area (Å²) < 4.78 is 0. The van der Waals surface area contributed by atoms with Gasteiger partial charge in [0.15, 0.2) is 0 Å². The molecular formula is C18H15Cl3N2O2. The maximum atomic E-state index is 12.5. The van der Waals surface area contributed by atoms with Crippen LogP contribution in [0.2, 0.25) is 15.1 Å². The van der Waals surface area contributed by atoms with Crippen LogP contribution in [0, 0.1) is 12.8 Å². The van der Waals surface area contributed by atoms with Gasteiger partial charge >= 0.3 is 0 Å². The molecule has 1 saturated heterocycles. The summed E-state index contributed by atoms with van der Waals surface area (Å²) >= 11 is 18.1. The zero-order valence-electron chi connectivity index (χ0n) is 13.4. The van der Waals surface area contributed by atoms with Crippen molar-refractivity contribution >= 4 is 58.0 Å². The molecule has 0 bridgehead atoms. The van der Waals surface area contributed by atoms with Crippen LogP contribution in [0.4, 0.5) is 11.4 Å². The highest BCUT2D eigenvalue weighted by Gasteiger charge is 2.36. The lowest BCUT2D eigenvalue weighted by molar-refractivity contribution is -0.122. The fraction of sp³-hybridized carbons (Fsp3) is 0.222. The van der Waals surface area contributed by atoms with Crippen LogP contribution < -0.4 is 10.2 Å². The summed E-state index contributed by atoms with van der Waals surface area (Å²) in [7, 11) is 0. The maximum Gasteiger partial charge on any atom is 0.229 e. The van der Waals surface area contributed by atoms with Crippen LogP contribution in [0.25, 0.3) is 0 Å². The van der Waals surface area contributed by atoms with Crippen molar-refractivity contribution in [1.29, 1.82) is 0 Å². The van der Waals surface area contributed by atoms with E-state index in [2.05, 4.69) is 5.32 Å². The molecule has 1 atom stereocenters. The van der Waals surface area contributed by atoms with E-state index in [-0.39, 0.29) is 18.2 Å². The van der Waals surface area contributed by atoms with Gasteiger partial charge in [0, 0.05) is 28.7 Å². The van der Waals surface area contributed by atoms with Gasteiger partial charge in [0.05, 0.1) is 16.6 Å². The van der Waals surface area contributed by atoms with Gasteiger partial charge in [-0.1, -0.05) is 40.9 Å². The normalized spacial score (nSPS) is 17.0. The molecule has 2 aromatic carbocycles. The first-order valence-electron chi connectivity index (χ1n) is 7.68. The molecule has 0 aromatic heterocycles. The van der Waals surface area contributed by atoms with Crippen LogP contribution in [0.15, 0.2) is 36.4 Å². The van der Waals surface area contributed by atoms with Gasteiger partial charge in [-0.3, -0.25) is 9.59 Å². The molecule has 7 heteroatoms. The highest BCUT2D eigenvalue weighted by molar-refractivity contribution is 6.36. The number of anilines is 2. The molecule has 0 spiro atoms. The molecule has 1 N–H and O–H groups in total. The molecular weight excluding hydrogens is 383 g/mol. The van der Waals surface area contributed by atoms with E-state index >= 15 is 0 Å². The summed E-state index contributed by atoms with van der Waals surface area (Å²) in [6.45, 7) is 2.16. The molecule has 1 aliphatic heterocycles. The molecule has 4 nitrogen and oxygen atoms in total. The number of rotatable bonds is 3. The first kappa shape index (κ1) is 18.1. The Bertz CT molecular complexity index is 854. The van der Waals surface area contributed by atoms with Crippen LogP contribution in [0.3, 0.4) is 0 Å². The summed E-state index contributed by atoms with van der Waals surface area (Å²) in [6.07, 6.45) is 0.142. The lowest BCUT2D eigenvalue weighted by atomic mass is 10.1. The molecule has 25 heavy (non-hydrogen) atoms. The van der Waals surface area contributed by atoms with Gasteiger partial charge in [-0.2, -0.15) is 0 Å². The van der Waals surface area contributed by atoms with Crippen molar-refractivity contribution in [2.24, 2.45) is 5.92 Å². The third-order valence-corrected chi connectivity index (χ3v) is 5.17. The largest absolute Gasteiger partial charge is 0.324 e. The molecule has 0 aliphatic carbocycles. The molecule has 0 unspecified atom stereocenters. The van der Waals surface area contributed by atoms with Crippen LogP contribution in [0.5, 0.6) is 0 Å². The quantitative estimate of drug-likeness (QED) is 0.797. The molecule has 130 valence electrons. The average molecular weight is 398 g/mol. The minimum Gasteiger partial charge on any atom is -0.324 e. The van der Waals surface area contributed by atoms with Crippen molar-refractivity contribution in [2.75, 3.05) is 16.8 Å². The van der Waals surface area contributed by atoms with Crippen molar-refractivity contribution in [1.82, 2.24) is 0 Å². The number of hydrogen-bond donors (Lipinski definition) is 1. The Labute approximate surface area is 160 Å². The van der Waals surface area contributed by atoms with E-state index in [1.165, 1.54) is 0 Å². The summed E-state index contributed by atoms with van der Waals surface area (Å²) in [4.78, 5) is 26.5. The smallest absolute Gasteiger partial charge is 0.229 e. The van der Waals surface area contributed by atoms with Gasteiger partial charge in [-0.05, 0) is 42.8 Å². The van der Waals surface area contributed by atoms with E-state index in [9.17, 15) is 9.59 Å². The highest BCUT2D eigenvalue weighted by Crippen LogP contribution is 2.32. The van der Waals surface area contributed by atoms with Crippen LogP contribution in [0.1, 0.15) is 12.0 Å². The van der Waals surface area contributed by atoms with Crippen molar-refractivity contribution < 1.29 is 9.59 Å². The van der Waals surface area contributed by atoms with Gasteiger partial charge in [0.25, 0.3) is 0 Å². The number of carbonyl (C=O) groups excluding carboxylic acids is 2. The number of halogens is 3. The van der Waals surface area contributed by atoms with Crippen LogP contribution in [-0.4, -0.2) is 18.4 Å². The zero-order valence-corrected chi connectivity index (χ0v) is 15.6.